The summed E-state index contributed by atoms with van der Waals surface area (Å²) in [6, 6.07) is 2.12. The molecule has 136 valence electrons. The molecule has 1 saturated carbocycles. The molecule has 1 aliphatic heterocycles. The van der Waals surface area contributed by atoms with Crippen molar-refractivity contribution < 1.29 is 20.1 Å². The third kappa shape index (κ3) is 2.98. The molecular formula is C16H21ClN4O4. The van der Waals surface area contributed by atoms with Gasteiger partial charge in [-0.15, -0.1) is 0 Å². The smallest absolute Gasteiger partial charge is 0.177 e. The zero-order valence-electron chi connectivity index (χ0n) is 13.5. The Bertz CT molecular complexity index is 764. The lowest BCUT2D eigenvalue weighted by molar-refractivity contribution is -0.0244. The molecule has 1 aliphatic carbocycles. The number of nitrogens with zero attached hydrogens (tertiary/aromatic N) is 3. The second-order valence-corrected chi connectivity index (χ2v) is 7.07. The summed E-state index contributed by atoms with van der Waals surface area (Å²) in [5.74, 6) is 0. The second-order valence-electron chi connectivity index (χ2n) is 6.68. The lowest BCUT2D eigenvalue weighted by Crippen LogP contribution is -2.32. The highest BCUT2D eigenvalue weighted by molar-refractivity contribution is 6.29. The van der Waals surface area contributed by atoms with Crippen LogP contribution in [-0.4, -0.2) is 60.9 Å². The van der Waals surface area contributed by atoms with Gasteiger partial charge in [-0.25, -0.2) is 9.50 Å². The van der Waals surface area contributed by atoms with Gasteiger partial charge in [-0.2, -0.15) is 5.10 Å². The number of hydrogen-bond acceptors (Lipinski definition) is 7. The predicted octanol–water partition coefficient (Wildman–Crippen LogP) is 0.891. The molecule has 0 aromatic carbocycles. The zero-order valence-corrected chi connectivity index (χ0v) is 14.3. The summed E-state index contributed by atoms with van der Waals surface area (Å²) in [6.07, 6.45) is 2.14. The van der Waals surface area contributed by atoms with E-state index in [-0.39, 0.29) is 6.61 Å². The van der Waals surface area contributed by atoms with E-state index >= 15 is 0 Å². The van der Waals surface area contributed by atoms with Crippen LogP contribution >= 0.6 is 11.6 Å². The van der Waals surface area contributed by atoms with Crippen LogP contribution in [0.25, 0.3) is 5.65 Å². The number of anilines is 1. The largest absolute Gasteiger partial charge is 0.394 e. The second kappa shape index (κ2) is 6.69. The van der Waals surface area contributed by atoms with Crippen LogP contribution in [0.3, 0.4) is 0 Å². The monoisotopic (exact) mass is 368 g/mol. The van der Waals surface area contributed by atoms with Crippen molar-refractivity contribution >= 4 is 22.9 Å². The van der Waals surface area contributed by atoms with Crippen LogP contribution in [-0.2, 0) is 4.74 Å². The van der Waals surface area contributed by atoms with Crippen molar-refractivity contribution in [1.82, 2.24) is 14.6 Å². The number of hydrogen-bond donors (Lipinski definition) is 4. The van der Waals surface area contributed by atoms with E-state index in [4.69, 9.17) is 16.3 Å². The summed E-state index contributed by atoms with van der Waals surface area (Å²) in [6.45, 7) is -0.381. The van der Waals surface area contributed by atoms with Crippen LogP contribution < -0.4 is 5.32 Å². The molecule has 0 spiro atoms. The summed E-state index contributed by atoms with van der Waals surface area (Å²) in [4.78, 5) is 4.40. The van der Waals surface area contributed by atoms with Crippen molar-refractivity contribution in [2.75, 3.05) is 11.9 Å². The number of fused-ring (bicyclic) bond motifs is 1. The third-order valence-electron chi connectivity index (χ3n) is 5.01. The first kappa shape index (κ1) is 17.0. The van der Waals surface area contributed by atoms with E-state index in [1.807, 2.05) is 0 Å². The average Bonchev–Trinajstić information content (AvgIpc) is 3.29. The number of nitrogens with one attached hydrogen (secondary N) is 1. The Morgan fingerprint density at radius 2 is 2.04 bits per heavy atom. The van der Waals surface area contributed by atoms with E-state index in [1.54, 1.807) is 12.3 Å². The number of ether oxygens (including phenoxy) is 1. The van der Waals surface area contributed by atoms with Gasteiger partial charge in [-0.05, 0) is 12.8 Å². The summed E-state index contributed by atoms with van der Waals surface area (Å²) in [7, 11) is 0. The highest BCUT2D eigenvalue weighted by Crippen LogP contribution is 2.35. The van der Waals surface area contributed by atoms with Gasteiger partial charge in [0, 0.05) is 12.1 Å². The molecule has 4 N–H and O–H groups in total. The molecule has 3 heterocycles. The maximum absolute atomic E-state index is 10.3. The fourth-order valence-corrected chi connectivity index (χ4v) is 3.87. The molecule has 25 heavy (non-hydrogen) atoms. The van der Waals surface area contributed by atoms with Crippen molar-refractivity contribution in [2.24, 2.45) is 0 Å². The minimum atomic E-state index is -1.18. The predicted molar refractivity (Wildman–Crippen MR) is 90.6 cm³/mol. The van der Waals surface area contributed by atoms with Gasteiger partial charge in [0.25, 0.3) is 0 Å². The Labute approximate surface area is 149 Å². The van der Waals surface area contributed by atoms with E-state index < -0.39 is 24.4 Å². The van der Waals surface area contributed by atoms with Crippen LogP contribution in [0.5, 0.6) is 0 Å². The first-order valence-electron chi connectivity index (χ1n) is 8.51. The summed E-state index contributed by atoms with van der Waals surface area (Å²) < 4.78 is 7.11. The average molecular weight is 369 g/mol. The molecule has 2 aliphatic rings. The van der Waals surface area contributed by atoms with E-state index in [2.05, 4.69) is 15.4 Å². The molecule has 0 radical (unpaired) electrons. The molecule has 1 saturated heterocycles. The highest BCUT2D eigenvalue weighted by Gasteiger charge is 2.44. The van der Waals surface area contributed by atoms with E-state index in [9.17, 15) is 15.3 Å². The van der Waals surface area contributed by atoms with Gasteiger partial charge in [0.05, 0.1) is 24.2 Å². The molecular weight excluding hydrogens is 348 g/mol. The molecule has 1 unspecified atom stereocenters. The molecule has 2 fully saturated rings. The number of aliphatic hydroxyl groups excluding tert-OH is 3. The molecule has 4 rings (SSSR count). The number of rotatable bonds is 4. The van der Waals surface area contributed by atoms with Crippen LogP contribution in [0.15, 0.2) is 12.3 Å². The summed E-state index contributed by atoms with van der Waals surface area (Å²) >= 11 is 6.17. The van der Waals surface area contributed by atoms with Gasteiger partial charge >= 0.3 is 0 Å². The Morgan fingerprint density at radius 3 is 2.72 bits per heavy atom. The maximum Gasteiger partial charge on any atom is 0.177 e. The maximum atomic E-state index is 10.3. The number of halogens is 1. The normalized spacial score (nSPS) is 30.4. The van der Waals surface area contributed by atoms with Crippen molar-refractivity contribution in [3.8, 4) is 0 Å². The highest BCUT2D eigenvalue weighted by atomic mass is 35.5. The van der Waals surface area contributed by atoms with Crippen molar-refractivity contribution in [3.63, 3.8) is 0 Å². The molecule has 8 nitrogen and oxygen atoms in total. The quantitative estimate of drug-likeness (QED) is 0.634. The van der Waals surface area contributed by atoms with Gasteiger partial charge in [0.2, 0.25) is 0 Å². The fraction of sp³-hybridized carbons (Fsp3) is 0.625. The molecule has 2 aromatic rings. The molecule has 2 aromatic heterocycles. The minimum absolute atomic E-state index is 0.291. The van der Waals surface area contributed by atoms with Gasteiger partial charge in [-0.3, -0.25) is 0 Å². The lowest BCUT2D eigenvalue weighted by Gasteiger charge is -2.16. The summed E-state index contributed by atoms with van der Waals surface area (Å²) in [5, 5.41) is 37.5. The number of aromatic nitrogens is 3. The Kier molecular flexibility index (Phi) is 4.55. The SMILES string of the molecule is OC[C@H]1OC(c2cnc3c(NC4CCCC4)cc(Cl)nn23)[C@H](O)[C@@H]1O. The first-order valence-corrected chi connectivity index (χ1v) is 8.89. The molecule has 4 atom stereocenters. The van der Waals surface area contributed by atoms with Crippen LogP contribution in [0, 0.1) is 0 Å². The minimum Gasteiger partial charge on any atom is -0.394 e. The Balaban J connectivity index is 1.70. The van der Waals surface area contributed by atoms with Crippen molar-refractivity contribution in [2.45, 2.75) is 56.1 Å². The van der Waals surface area contributed by atoms with Gasteiger partial charge in [-0.1, -0.05) is 24.4 Å². The van der Waals surface area contributed by atoms with E-state index in [1.165, 1.54) is 17.4 Å². The lowest BCUT2D eigenvalue weighted by atomic mass is 10.1. The Hall–Kier alpha value is -1.45. The van der Waals surface area contributed by atoms with E-state index in [0.29, 0.717) is 22.5 Å². The van der Waals surface area contributed by atoms with Crippen LogP contribution in [0.1, 0.15) is 37.5 Å². The third-order valence-corrected chi connectivity index (χ3v) is 5.20. The number of aliphatic hydroxyl groups is 3. The first-order chi connectivity index (χ1) is 12.1. The van der Waals surface area contributed by atoms with Crippen LogP contribution in [0.4, 0.5) is 5.69 Å². The molecule has 0 bridgehead atoms. The van der Waals surface area contributed by atoms with Crippen LogP contribution in [0.2, 0.25) is 5.15 Å². The van der Waals surface area contributed by atoms with E-state index in [0.717, 1.165) is 18.5 Å². The molecule has 9 heteroatoms. The molecule has 0 amide bonds. The zero-order chi connectivity index (χ0) is 17.6. The van der Waals surface area contributed by atoms with Crippen molar-refractivity contribution in [1.29, 1.82) is 0 Å². The fourth-order valence-electron chi connectivity index (χ4n) is 3.69. The number of imidazole rings is 1. The summed E-state index contributed by atoms with van der Waals surface area (Å²) in [5.41, 5.74) is 1.85. The van der Waals surface area contributed by atoms with Gasteiger partial charge in [0.1, 0.15) is 24.4 Å². The topological polar surface area (TPSA) is 112 Å². The Morgan fingerprint density at radius 1 is 1.28 bits per heavy atom. The van der Waals surface area contributed by atoms with Crippen molar-refractivity contribution in [3.05, 3.63) is 23.1 Å². The van der Waals surface area contributed by atoms with Gasteiger partial charge in [0.15, 0.2) is 10.8 Å². The van der Waals surface area contributed by atoms with Gasteiger partial charge < -0.3 is 25.4 Å². The standard InChI is InChI=1S/C16H21ClN4O4/c17-12-5-9(19-8-3-1-2-4-8)16-18-6-10(21(16)20-12)15-14(24)13(23)11(7-22)25-15/h5-6,8,11,13-15,19,22-24H,1-4,7H2/t11-,13-,14-,15?/m1/s1.